The fraction of sp³-hybridized carbons (Fsp3) is 0.167. The first-order chi connectivity index (χ1) is 12.0. The molecule has 0 saturated heterocycles. The van der Waals surface area contributed by atoms with Gasteiger partial charge in [-0.1, -0.05) is 81.4 Å². The Morgan fingerprint density at radius 2 is 1.28 bits per heavy atom. The minimum atomic E-state index is 0.113. The molecule has 1 heteroatoms. The van der Waals surface area contributed by atoms with Gasteiger partial charge in [0.1, 0.15) is 0 Å². The summed E-state index contributed by atoms with van der Waals surface area (Å²) in [6, 6.07) is 24.5. The second kappa shape index (κ2) is 5.06. The molecule has 0 bridgehead atoms. The van der Waals surface area contributed by atoms with Gasteiger partial charge in [0, 0.05) is 20.2 Å². The summed E-state index contributed by atoms with van der Waals surface area (Å²) < 4.78 is 2.84. The lowest BCUT2D eigenvalue weighted by Crippen LogP contribution is -2.11. The Morgan fingerprint density at radius 1 is 0.640 bits per heavy atom. The van der Waals surface area contributed by atoms with E-state index in [2.05, 4.69) is 87.5 Å². The molecule has 5 rings (SSSR count). The van der Waals surface area contributed by atoms with Crippen LogP contribution in [0, 0.1) is 0 Å². The van der Waals surface area contributed by atoms with Crippen LogP contribution in [-0.4, -0.2) is 0 Å². The molecule has 0 aliphatic carbocycles. The summed E-state index contributed by atoms with van der Waals surface area (Å²) in [6.45, 7) is 6.96. The fourth-order valence-corrected chi connectivity index (χ4v) is 5.33. The zero-order valence-electron chi connectivity index (χ0n) is 14.8. The Labute approximate surface area is 151 Å². The van der Waals surface area contributed by atoms with Gasteiger partial charge in [0.05, 0.1) is 0 Å². The van der Waals surface area contributed by atoms with Crippen molar-refractivity contribution in [3.05, 3.63) is 72.3 Å². The van der Waals surface area contributed by atoms with Crippen molar-refractivity contribution in [2.75, 3.05) is 0 Å². The van der Waals surface area contributed by atoms with Gasteiger partial charge < -0.3 is 0 Å². The summed E-state index contributed by atoms with van der Waals surface area (Å²) in [5.74, 6) is 0. The van der Waals surface area contributed by atoms with Crippen molar-refractivity contribution in [3.63, 3.8) is 0 Å². The average molecular weight is 340 g/mol. The molecule has 0 N–H and O–H groups in total. The lowest BCUT2D eigenvalue weighted by Gasteiger charge is -2.21. The molecular weight excluding hydrogens is 320 g/mol. The van der Waals surface area contributed by atoms with Gasteiger partial charge in [-0.2, -0.15) is 0 Å². The summed E-state index contributed by atoms with van der Waals surface area (Å²) in [6.07, 6.45) is 0. The maximum Gasteiger partial charge on any atom is 0.0437 e. The van der Waals surface area contributed by atoms with Gasteiger partial charge in [-0.3, -0.25) is 0 Å². The van der Waals surface area contributed by atoms with E-state index in [9.17, 15) is 0 Å². The Morgan fingerprint density at radius 3 is 2.00 bits per heavy atom. The van der Waals surface area contributed by atoms with Crippen molar-refractivity contribution >= 4 is 53.1 Å². The second-order valence-electron chi connectivity index (χ2n) is 7.86. The molecule has 122 valence electrons. The maximum absolute atomic E-state index is 2.40. The van der Waals surface area contributed by atoms with Crippen molar-refractivity contribution in [2.24, 2.45) is 0 Å². The van der Waals surface area contributed by atoms with Crippen LogP contribution >= 0.6 is 11.3 Å². The summed E-state index contributed by atoms with van der Waals surface area (Å²) in [7, 11) is 0. The van der Waals surface area contributed by atoms with Gasteiger partial charge in [0.2, 0.25) is 0 Å². The third-order valence-electron chi connectivity index (χ3n) is 5.16. The topological polar surface area (TPSA) is 0 Å². The predicted octanol–water partition coefficient (Wildman–Crippen LogP) is 7.66. The van der Waals surface area contributed by atoms with Gasteiger partial charge in [0.15, 0.2) is 0 Å². The monoisotopic (exact) mass is 340 g/mol. The van der Waals surface area contributed by atoms with Crippen molar-refractivity contribution in [1.29, 1.82) is 0 Å². The van der Waals surface area contributed by atoms with Gasteiger partial charge in [-0.25, -0.2) is 0 Å². The molecule has 5 aromatic rings. The molecule has 0 atom stereocenters. The maximum atomic E-state index is 2.40. The summed E-state index contributed by atoms with van der Waals surface area (Å²) in [5.41, 5.74) is 1.56. The molecular formula is C24H20S. The molecule has 1 aromatic heterocycles. The van der Waals surface area contributed by atoms with Gasteiger partial charge >= 0.3 is 0 Å². The SMILES string of the molecule is CC(C)(C)c1cc2ccccc2c2sc3c4ccccc4ccc3c12. The highest BCUT2D eigenvalue weighted by atomic mass is 32.1. The van der Waals surface area contributed by atoms with Crippen LogP contribution in [0.2, 0.25) is 0 Å². The molecule has 0 aliphatic rings. The lowest BCUT2D eigenvalue weighted by atomic mass is 9.82. The zero-order valence-corrected chi connectivity index (χ0v) is 15.6. The molecule has 0 radical (unpaired) electrons. The van der Waals surface area contributed by atoms with Crippen molar-refractivity contribution in [1.82, 2.24) is 0 Å². The molecule has 4 aromatic carbocycles. The molecule has 25 heavy (non-hydrogen) atoms. The van der Waals surface area contributed by atoms with Gasteiger partial charge in [-0.05, 0) is 38.6 Å². The first-order valence-corrected chi connectivity index (χ1v) is 9.62. The van der Waals surface area contributed by atoms with Crippen LogP contribution in [-0.2, 0) is 5.41 Å². The average Bonchev–Trinajstić information content (AvgIpc) is 3.00. The predicted molar refractivity (Wildman–Crippen MR) is 113 cm³/mol. The minimum absolute atomic E-state index is 0.113. The highest BCUT2D eigenvalue weighted by Gasteiger charge is 2.22. The minimum Gasteiger partial charge on any atom is -0.134 e. The van der Waals surface area contributed by atoms with Crippen LogP contribution in [0.15, 0.2) is 66.7 Å². The Balaban J connectivity index is 2.10. The lowest BCUT2D eigenvalue weighted by molar-refractivity contribution is 0.597. The standard InChI is InChI=1S/C24H20S/c1-24(2,3)20-14-16-9-5-7-11-18(16)23-21(20)19-13-12-15-8-4-6-10-17(15)22(19)25-23/h4-14H,1-3H3. The van der Waals surface area contributed by atoms with Crippen LogP contribution < -0.4 is 0 Å². The van der Waals surface area contributed by atoms with Crippen LogP contribution in [0.4, 0.5) is 0 Å². The van der Waals surface area contributed by atoms with Gasteiger partial charge in [-0.15, -0.1) is 11.3 Å². The van der Waals surface area contributed by atoms with Crippen molar-refractivity contribution in [2.45, 2.75) is 26.2 Å². The van der Waals surface area contributed by atoms with E-state index in [1.54, 1.807) is 0 Å². The number of fused-ring (bicyclic) bond motifs is 7. The molecule has 0 unspecified atom stereocenters. The zero-order chi connectivity index (χ0) is 17.2. The summed E-state index contributed by atoms with van der Waals surface area (Å²) in [5, 5.41) is 8.24. The number of thiophene rings is 1. The van der Waals surface area contributed by atoms with Crippen molar-refractivity contribution < 1.29 is 0 Å². The Kier molecular flexibility index (Phi) is 3.02. The normalized spacial score (nSPS) is 12.6. The van der Waals surface area contributed by atoms with E-state index < -0.39 is 0 Å². The number of benzene rings is 4. The smallest absolute Gasteiger partial charge is 0.0437 e. The molecule has 0 amide bonds. The molecule has 0 nitrogen and oxygen atoms in total. The first kappa shape index (κ1) is 14.9. The highest BCUT2D eigenvalue weighted by Crippen LogP contribution is 2.45. The van der Waals surface area contributed by atoms with Crippen LogP contribution in [0.25, 0.3) is 41.7 Å². The largest absolute Gasteiger partial charge is 0.134 e. The molecule has 0 fully saturated rings. The first-order valence-electron chi connectivity index (χ1n) is 8.80. The Bertz CT molecular complexity index is 1270. The summed E-state index contributed by atoms with van der Waals surface area (Å²) in [4.78, 5) is 0. The third kappa shape index (κ3) is 2.12. The Hall–Kier alpha value is -2.38. The number of hydrogen-bond donors (Lipinski definition) is 0. The van der Waals surface area contributed by atoms with E-state index in [0.29, 0.717) is 0 Å². The summed E-state index contributed by atoms with van der Waals surface area (Å²) >= 11 is 1.95. The highest BCUT2D eigenvalue weighted by molar-refractivity contribution is 7.27. The number of rotatable bonds is 0. The quantitative estimate of drug-likeness (QED) is 0.271. The molecule has 0 saturated carbocycles. The van der Waals surface area contributed by atoms with E-state index in [-0.39, 0.29) is 5.41 Å². The van der Waals surface area contributed by atoms with E-state index >= 15 is 0 Å². The van der Waals surface area contributed by atoms with Crippen LogP contribution in [0.5, 0.6) is 0 Å². The third-order valence-corrected chi connectivity index (χ3v) is 6.43. The van der Waals surface area contributed by atoms with Crippen LogP contribution in [0.1, 0.15) is 26.3 Å². The van der Waals surface area contributed by atoms with Crippen LogP contribution in [0.3, 0.4) is 0 Å². The number of hydrogen-bond acceptors (Lipinski definition) is 1. The van der Waals surface area contributed by atoms with Gasteiger partial charge in [0.25, 0.3) is 0 Å². The van der Waals surface area contributed by atoms with E-state index in [1.165, 1.54) is 47.3 Å². The van der Waals surface area contributed by atoms with E-state index in [0.717, 1.165) is 0 Å². The van der Waals surface area contributed by atoms with Crippen molar-refractivity contribution in [3.8, 4) is 0 Å². The molecule has 1 heterocycles. The van der Waals surface area contributed by atoms with E-state index in [1.807, 2.05) is 11.3 Å². The van der Waals surface area contributed by atoms with E-state index in [4.69, 9.17) is 0 Å². The second-order valence-corrected chi connectivity index (χ2v) is 8.89. The fourth-order valence-electron chi connectivity index (χ4n) is 3.93. The molecule has 0 aliphatic heterocycles. The molecule has 0 spiro atoms.